The van der Waals surface area contributed by atoms with E-state index in [4.69, 9.17) is 0 Å². The first kappa shape index (κ1) is 9.90. The van der Waals surface area contributed by atoms with Crippen LogP contribution < -0.4 is 5.32 Å². The van der Waals surface area contributed by atoms with Gasteiger partial charge in [0.05, 0.1) is 5.69 Å². The van der Waals surface area contributed by atoms with E-state index in [-0.39, 0.29) is 0 Å². The van der Waals surface area contributed by atoms with Gasteiger partial charge in [0.1, 0.15) is 0 Å². The third-order valence-corrected chi connectivity index (χ3v) is 2.86. The lowest BCUT2D eigenvalue weighted by atomic mass is 10.2. The Hall–Kier alpha value is -2.29. The van der Waals surface area contributed by atoms with Crippen LogP contribution in [0.25, 0.3) is 10.9 Å². The van der Waals surface area contributed by atoms with Crippen molar-refractivity contribution in [2.24, 2.45) is 7.05 Å². The summed E-state index contributed by atoms with van der Waals surface area (Å²) < 4.78 is 2.12. The van der Waals surface area contributed by atoms with Gasteiger partial charge in [-0.05, 0) is 18.2 Å². The summed E-state index contributed by atoms with van der Waals surface area (Å²) in [4.78, 5) is 4.01. The fraction of sp³-hybridized carbons (Fsp3) is 0.0714. The molecule has 0 aliphatic carbocycles. The van der Waals surface area contributed by atoms with Crippen LogP contribution in [0.2, 0.25) is 0 Å². The van der Waals surface area contributed by atoms with E-state index < -0.39 is 0 Å². The monoisotopic (exact) mass is 223 g/mol. The summed E-state index contributed by atoms with van der Waals surface area (Å²) in [6.45, 7) is 0. The highest BCUT2D eigenvalue weighted by Gasteiger charge is 2.05. The summed E-state index contributed by atoms with van der Waals surface area (Å²) in [7, 11) is 2.06. The van der Waals surface area contributed by atoms with Gasteiger partial charge < -0.3 is 9.88 Å². The van der Waals surface area contributed by atoms with Crippen LogP contribution in [-0.4, -0.2) is 9.55 Å². The lowest BCUT2D eigenvalue weighted by Crippen LogP contribution is -1.88. The first-order chi connectivity index (χ1) is 8.34. The zero-order valence-corrected chi connectivity index (χ0v) is 9.59. The van der Waals surface area contributed by atoms with Crippen molar-refractivity contribution in [2.45, 2.75) is 0 Å². The summed E-state index contributed by atoms with van der Waals surface area (Å²) in [6.07, 6.45) is 5.67. The molecule has 0 unspecified atom stereocenters. The van der Waals surface area contributed by atoms with E-state index in [1.54, 1.807) is 12.4 Å². The van der Waals surface area contributed by atoms with Gasteiger partial charge in [-0.1, -0.05) is 18.2 Å². The highest BCUT2D eigenvalue weighted by atomic mass is 15.0. The number of benzene rings is 1. The van der Waals surface area contributed by atoms with Crippen LogP contribution in [0.3, 0.4) is 0 Å². The Balaban J connectivity index is 2.07. The standard InChI is InChI=1S/C14H13N3/c1-17-10-13(12-4-2-3-5-14(12)17)16-11-6-8-15-9-7-11/h2-10H,1H3,(H,15,16). The number of pyridine rings is 1. The molecule has 1 aromatic carbocycles. The second kappa shape index (κ2) is 3.94. The van der Waals surface area contributed by atoms with Crippen LogP contribution >= 0.6 is 0 Å². The Morgan fingerprint density at radius 3 is 2.65 bits per heavy atom. The Kier molecular flexibility index (Phi) is 2.29. The van der Waals surface area contributed by atoms with Gasteiger partial charge in [0.2, 0.25) is 0 Å². The van der Waals surface area contributed by atoms with Crippen LogP contribution in [0.4, 0.5) is 11.4 Å². The molecule has 0 amide bonds. The van der Waals surface area contributed by atoms with E-state index in [0.717, 1.165) is 11.4 Å². The van der Waals surface area contributed by atoms with Crippen LogP contribution in [-0.2, 0) is 7.05 Å². The molecule has 0 aliphatic heterocycles. The van der Waals surface area contributed by atoms with Crippen molar-refractivity contribution >= 4 is 22.3 Å². The zero-order valence-electron chi connectivity index (χ0n) is 9.59. The summed E-state index contributed by atoms with van der Waals surface area (Å²) >= 11 is 0. The maximum atomic E-state index is 4.01. The number of hydrogen-bond donors (Lipinski definition) is 1. The second-order valence-corrected chi connectivity index (χ2v) is 4.03. The summed E-state index contributed by atoms with van der Waals surface area (Å²) in [6, 6.07) is 12.3. The van der Waals surface area contributed by atoms with E-state index in [1.165, 1.54) is 10.9 Å². The lowest BCUT2D eigenvalue weighted by Gasteiger charge is -2.03. The van der Waals surface area contributed by atoms with E-state index in [0.29, 0.717) is 0 Å². The number of nitrogens with one attached hydrogen (secondary N) is 1. The molecule has 0 aliphatic rings. The Labute approximate surface area is 99.7 Å². The van der Waals surface area contributed by atoms with Crippen molar-refractivity contribution in [1.29, 1.82) is 0 Å². The molecule has 3 heteroatoms. The van der Waals surface area contributed by atoms with Crippen LogP contribution in [0.15, 0.2) is 55.0 Å². The molecule has 0 atom stereocenters. The van der Waals surface area contributed by atoms with Gasteiger partial charge in [0, 0.05) is 42.2 Å². The van der Waals surface area contributed by atoms with Crippen LogP contribution in [0.5, 0.6) is 0 Å². The predicted molar refractivity (Wildman–Crippen MR) is 70.4 cm³/mol. The van der Waals surface area contributed by atoms with Gasteiger partial charge in [0.15, 0.2) is 0 Å². The first-order valence-corrected chi connectivity index (χ1v) is 5.56. The molecule has 0 radical (unpaired) electrons. The Morgan fingerprint density at radius 1 is 1.06 bits per heavy atom. The topological polar surface area (TPSA) is 29.9 Å². The molecular weight excluding hydrogens is 210 g/mol. The maximum Gasteiger partial charge on any atom is 0.0644 e. The molecule has 0 fully saturated rings. The van der Waals surface area contributed by atoms with Crippen molar-refractivity contribution < 1.29 is 0 Å². The van der Waals surface area contributed by atoms with Gasteiger partial charge in [-0.25, -0.2) is 0 Å². The van der Waals surface area contributed by atoms with Crippen LogP contribution in [0, 0.1) is 0 Å². The van der Waals surface area contributed by atoms with Crippen molar-refractivity contribution in [3.8, 4) is 0 Å². The normalized spacial score (nSPS) is 10.6. The number of fused-ring (bicyclic) bond motifs is 1. The SMILES string of the molecule is Cn1cc(Nc2ccncc2)c2ccccc21. The van der Waals surface area contributed by atoms with E-state index in [1.807, 2.05) is 12.1 Å². The highest BCUT2D eigenvalue weighted by Crippen LogP contribution is 2.27. The van der Waals surface area contributed by atoms with Crippen molar-refractivity contribution in [1.82, 2.24) is 9.55 Å². The van der Waals surface area contributed by atoms with Gasteiger partial charge in [0.25, 0.3) is 0 Å². The molecule has 0 bridgehead atoms. The number of hydrogen-bond acceptors (Lipinski definition) is 2. The minimum Gasteiger partial charge on any atom is -0.354 e. The molecule has 84 valence electrons. The Bertz CT molecular complexity index is 641. The number of aromatic nitrogens is 2. The summed E-state index contributed by atoms with van der Waals surface area (Å²) in [5.41, 5.74) is 3.40. The fourth-order valence-corrected chi connectivity index (χ4v) is 2.03. The Morgan fingerprint density at radius 2 is 1.82 bits per heavy atom. The first-order valence-electron chi connectivity index (χ1n) is 5.56. The number of aryl methyl sites for hydroxylation is 1. The molecule has 1 N–H and O–H groups in total. The predicted octanol–water partition coefficient (Wildman–Crippen LogP) is 3.32. The molecule has 0 saturated carbocycles. The molecule has 0 saturated heterocycles. The zero-order chi connectivity index (χ0) is 11.7. The highest BCUT2D eigenvalue weighted by molar-refractivity contribution is 5.94. The third-order valence-electron chi connectivity index (χ3n) is 2.86. The number of anilines is 2. The molecule has 17 heavy (non-hydrogen) atoms. The molecule has 3 aromatic rings. The van der Waals surface area contributed by atoms with Gasteiger partial charge in [-0.3, -0.25) is 4.98 Å². The smallest absolute Gasteiger partial charge is 0.0644 e. The number of nitrogens with zero attached hydrogens (tertiary/aromatic N) is 2. The number of rotatable bonds is 2. The average molecular weight is 223 g/mol. The molecule has 0 spiro atoms. The van der Waals surface area contributed by atoms with E-state index in [9.17, 15) is 0 Å². The second-order valence-electron chi connectivity index (χ2n) is 4.03. The number of para-hydroxylation sites is 1. The summed E-state index contributed by atoms with van der Waals surface area (Å²) in [5, 5.41) is 4.64. The minimum absolute atomic E-state index is 1.05. The molecule has 3 rings (SSSR count). The lowest BCUT2D eigenvalue weighted by molar-refractivity contribution is 0.970. The maximum absolute atomic E-state index is 4.01. The van der Waals surface area contributed by atoms with Crippen molar-refractivity contribution in [3.63, 3.8) is 0 Å². The van der Waals surface area contributed by atoms with E-state index >= 15 is 0 Å². The molecule has 3 nitrogen and oxygen atoms in total. The van der Waals surface area contributed by atoms with Gasteiger partial charge in [-0.2, -0.15) is 0 Å². The summed E-state index contributed by atoms with van der Waals surface area (Å²) in [5.74, 6) is 0. The minimum atomic E-state index is 1.05. The van der Waals surface area contributed by atoms with E-state index in [2.05, 4.69) is 52.4 Å². The van der Waals surface area contributed by atoms with Crippen molar-refractivity contribution in [3.05, 3.63) is 55.0 Å². The van der Waals surface area contributed by atoms with Crippen LogP contribution in [0.1, 0.15) is 0 Å². The third kappa shape index (κ3) is 1.76. The van der Waals surface area contributed by atoms with Crippen molar-refractivity contribution in [2.75, 3.05) is 5.32 Å². The quantitative estimate of drug-likeness (QED) is 0.722. The average Bonchev–Trinajstić information content (AvgIpc) is 2.69. The van der Waals surface area contributed by atoms with Gasteiger partial charge >= 0.3 is 0 Å². The molecular formula is C14H13N3. The molecule has 2 aromatic heterocycles. The molecule has 2 heterocycles. The fourth-order valence-electron chi connectivity index (χ4n) is 2.03. The van der Waals surface area contributed by atoms with Gasteiger partial charge in [-0.15, -0.1) is 0 Å². The largest absolute Gasteiger partial charge is 0.354 e.